The van der Waals surface area contributed by atoms with Crippen LogP contribution in [-0.2, 0) is 10.5 Å². The molecule has 0 bridgehead atoms. The molecule has 96 valence electrons. The highest BCUT2D eigenvalue weighted by atomic mass is 32.2. The Hall–Kier alpha value is -1.41. The maximum atomic E-state index is 11.3. The maximum absolute atomic E-state index is 11.3. The van der Waals surface area contributed by atoms with Crippen molar-refractivity contribution in [2.45, 2.75) is 24.8 Å². The number of thiazole rings is 1. The third-order valence-electron chi connectivity index (χ3n) is 1.84. The average Bonchev–Trinajstić information content (AvgIpc) is 2.95. The Bertz CT molecular complexity index is 538. The summed E-state index contributed by atoms with van der Waals surface area (Å²) in [6, 6.07) is 0. The SMILES string of the molecule is CCOC(=O)c1nnc(SCc2nc(C)cs2)o1. The van der Waals surface area contributed by atoms with Gasteiger partial charge < -0.3 is 9.15 Å². The molecule has 0 saturated heterocycles. The second kappa shape index (κ2) is 5.96. The van der Waals surface area contributed by atoms with Crippen molar-refractivity contribution < 1.29 is 13.9 Å². The van der Waals surface area contributed by atoms with Crippen LogP contribution in [0.25, 0.3) is 0 Å². The fourth-order valence-electron chi connectivity index (χ4n) is 1.14. The highest BCUT2D eigenvalue weighted by molar-refractivity contribution is 7.98. The summed E-state index contributed by atoms with van der Waals surface area (Å²) in [6.45, 7) is 3.94. The first-order valence-electron chi connectivity index (χ1n) is 5.23. The Kier molecular flexibility index (Phi) is 4.32. The first-order valence-corrected chi connectivity index (χ1v) is 7.10. The minimum Gasteiger partial charge on any atom is -0.459 e. The second-order valence-corrected chi connectivity index (χ2v) is 5.13. The van der Waals surface area contributed by atoms with Gasteiger partial charge in [-0.3, -0.25) is 0 Å². The number of aryl methyl sites for hydroxylation is 1. The zero-order chi connectivity index (χ0) is 13.0. The van der Waals surface area contributed by atoms with E-state index in [-0.39, 0.29) is 12.5 Å². The molecule has 6 nitrogen and oxygen atoms in total. The van der Waals surface area contributed by atoms with Gasteiger partial charge in [-0.05, 0) is 13.8 Å². The third-order valence-corrected chi connectivity index (χ3v) is 3.82. The van der Waals surface area contributed by atoms with E-state index in [1.165, 1.54) is 11.8 Å². The number of carbonyl (C=O) groups excluding carboxylic acids is 1. The molecule has 0 spiro atoms. The third kappa shape index (κ3) is 3.30. The lowest BCUT2D eigenvalue weighted by atomic mass is 10.6. The summed E-state index contributed by atoms with van der Waals surface area (Å²) in [7, 11) is 0. The normalized spacial score (nSPS) is 10.6. The molecule has 0 N–H and O–H groups in total. The highest BCUT2D eigenvalue weighted by Gasteiger charge is 2.16. The van der Waals surface area contributed by atoms with Crippen LogP contribution in [0.15, 0.2) is 15.0 Å². The van der Waals surface area contributed by atoms with Crippen LogP contribution in [0.4, 0.5) is 0 Å². The summed E-state index contributed by atoms with van der Waals surface area (Å²) in [6.07, 6.45) is 0. The molecular formula is C10H11N3O3S2. The first-order chi connectivity index (χ1) is 8.69. The number of carbonyl (C=O) groups is 1. The summed E-state index contributed by atoms with van der Waals surface area (Å²) in [5, 5.41) is 10.7. The van der Waals surface area contributed by atoms with Gasteiger partial charge in [0.1, 0.15) is 5.01 Å². The van der Waals surface area contributed by atoms with Crippen molar-refractivity contribution >= 4 is 29.1 Å². The Morgan fingerprint density at radius 3 is 3.06 bits per heavy atom. The van der Waals surface area contributed by atoms with E-state index in [2.05, 4.69) is 15.2 Å². The lowest BCUT2D eigenvalue weighted by Gasteiger charge is -1.94. The van der Waals surface area contributed by atoms with Gasteiger partial charge >= 0.3 is 11.9 Å². The van der Waals surface area contributed by atoms with Gasteiger partial charge in [-0.25, -0.2) is 9.78 Å². The number of hydrogen-bond acceptors (Lipinski definition) is 8. The van der Waals surface area contributed by atoms with E-state index in [4.69, 9.17) is 9.15 Å². The largest absolute Gasteiger partial charge is 0.459 e. The van der Waals surface area contributed by atoms with Crippen molar-refractivity contribution in [2.24, 2.45) is 0 Å². The van der Waals surface area contributed by atoms with Crippen LogP contribution in [0.5, 0.6) is 0 Å². The number of ether oxygens (including phenoxy) is 1. The van der Waals surface area contributed by atoms with Crippen LogP contribution in [-0.4, -0.2) is 27.8 Å². The lowest BCUT2D eigenvalue weighted by molar-refractivity contribution is 0.0475. The maximum Gasteiger partial charge on any atom is 0.396 e. The molecule has 0 aliphatic rings. The van der Waals surface area contributed by atoms with Gasteiger partial charge in [-0.2, -0.15) is 0 Å². The van der Waals surface area contributed by atoms with Crippen LogP contribution < -0.4 is 0 Å². The molecular weight excluding hydrogens is 274 g/mol. The summed E-state index contributed by atoms with van der Waals surface area (Å²) in [4.78, 5) is 15.6. The molecule has 0 aromatic carbocycles. The molecule has 2 heterocycles. The Balaban J connectivity index is 1.92. The monoisotopic (exact) mass is 285 g/mol. The molecule has 8 heteroatoms. The molecule has 18 heavy (non-hydrogen) atoms. The Morgan fingerprint density at radius 1 is 1.56 bits per heavy atom. The zero-order valence-corrected chi connectivity index (χ0v) is 11.5. The quantitative estimate of drug-likeness (QED) is 0.616. The fourth-order valence-corrected chi connectivity index (χ4v) is 2.69. The number of aromatic nitrogens is 3. The van der Waals surface area contributed by atoms with Crippen molar-refractivity contribution in [3.8, 4) is 0 Å². The molecule has 0 radical (unpaired) electrons. The zero-order valence-electron chi connectivity index (χ0n) is 9.87. The van der Waals surface area contributed by atoms with Crippen LogP contribution in [0.2, 0.25) is 0 Å². The number of hydrogen-bond donors (Lipinski definition) is 0. The van der Waals surface area contributed by atoms with Gasteiger partial charge in [-0.1, -0.05) is 16.9 Å². The molecule has 0 unspecified atom stereocenters. The van der Waals surface area contributed by atoms with Crippen LogP contribution in [0.3, 0.4) is 0 Å². The number of thioether (sulfide) groups is 1. The molecule has 0 atom stereocenters. The van der Waals surface area contributed by atoms with Gasteiger partial charge in [0.05, 0.1) is 12.4 Å². The predicted molar refractivity (Wildman–Crippen MR) is 66.7 cm³/mol. The average molecular weight is 285 g/mol. The molecule has 0 amide bonds. The topological polar surface area (TPSA) is 78.1 Å². The standard InChI is InChI=1S/C10H11N3O3S2/c1-3-15-9(14)8-12-13-10(16-8)18-5-7-11-6(2)4-17-7/h4H,3,5H2,1-2H3. The van der Waals surface area contributed by atoms with E-state index in [0.717, 1.165) is 10.7 Å². The Morgan fingerprint density at radius 2 is 2.39 bits per heavy atom. The van der Waals surface area contributed by atoms with Crippen LogP contribution in [0, 0.1) is 6.92 Å². The lowest BCUT2D eigenvalue weighted by Crippen LogP contribution is -2.04. The fraction of sp³-hybridized carbons (Fsp3) is 0.400. The van der Waals surface area contributed by atoms with E-state index >= 15 is 0 Å². The minimum atomic E-state index is -0.595. The molecule has 2 aromatic rings. The molecule has 0 fully saturated rings. The number of rotatable bonds is 5. The summed E-state index contributed by atoms with van der Waals surface area (Å²) in [5.74, 6) is -0.0696. The van der Waals surface area contributed by atoms with Crippen molar-refractivity contribution in [2.75, 3.05) is 6.61 Å². The summed E-state index contributed by atoms with van der Waals surface area (Å²) < 4.78 is 9.92. The first kappa shape index (κ1) is 13.0. The molecule has 0 aliphatic carbocycles. The van der Waals surface area contributed by atoms with Gasteiger partial charge in [0.2, 0.25) is 0 Å². The molecule has 2 aromatic heterocycles. The van der Waals surface area contributed by atoms with Crippen molar-refractivity contribution in [1.82, 2.24) is 15.2 Å². The Labute approximate surface area is 112 Å². The second-order valence-electron chi connectivity index (χ2n) is 3.26. The van der Waals surface area contributed by atoms with Gasteiger partial charge in [0, 0.05) is 11.1 Å². The summed E-state index contributed by atoms with van der Waals surface area (Å²) in [5.41, 5.74) is 0.994. The van der Waals surface area contributed by atoms with Crippen molar-refractivity contribution in [3.05, 3.63) is 22.0 Å². The number of esters is 1. The highest BCUT2D eigenvalue weighted by Crippen LogP contribution is 2.23. The van der Waals surface area contributed by atoms with E-state index < -0.39 is 5.97 Å². The van der Waals surface area contributed by atoms with Gasteiger partial charge in [0.25, 0.3) is 5.22 Å². The number of nitrogens with zero attached hydrogens (tertiary/aromatic N) is 3. The van der Waals surface area contributed by atoms with Crippen LogP contribution in [0.1, 0.15) is 28.3 Å². The van der Waals surface area contributed by atoms with Crippen molar-refractivity contribution in [1.29, 1.82) is 0 Å². The van der Waals surface area contributed by atoms with E-state index in [0.29, 0.717) is 11.0 Å². The van der Waals surface area contributed by atoms with E-state index in [1.54, 1.807) is 18.3 Å². The van der Waals surface area contributed by atoms with E-state index in [9.17, 15) is 4.79 Å². The molecule has 2 rings (SSSR count). The predicted octanol–water partition coefficient (Wildman–Crippen LogP) is 2.30. The minimum absolute atomic E-state index is 0.116. The molecule has 0 aliphatic heterocycles. The van der Waals surface area contributed by atoms with Gasteiger partial charge in [-0.15, -0.1) is 16.4 Å². The van der Waals surface area contributed by atoms with Crippen LogP contribution >= 0.6 is 23.1 Å². The summed E-state index contributed by atoms with van der Waals surface area (Å²) >= 11 is 2.92. The molecule has 0 saturated carbocycles. The van der Waals surface area contributed by atoms with Gasteiger partial charge in [0.15, 0.2) is 0 Å². The van der Waals surface area contributed by atoms with E-state index in [1.807, 2.05) is 12.3 Å². The smallest absolute Gasteiger partial charge is 0.396 e. The van der Waals surface area contributed by atoms with Crippen molar-refractivity contribution in [3.63, 3.8) is 0 Å².